The molecule has 3 N–H and O–H groups in total. The van der Waals surface area contributed by atoms with E-state index >= 15 is 0 Å². The van der Waals surface area contributed by atoms with Gasteiger partial charge in [0.15, 0.2) is 0 Å². The Labute approximate surface area is 106 Å². The molecule has 0 radical (unpaired) electrons. The highest BCUT2D eigenvalue weighted by Crippen LogP contribution is 2.36. The fourth-order valence-electron chi connectivity index (χ4n) is 2.97. The molecule has 2 unspecified atom stereocenters. The van der Waals surface area contributed by atoms with E-state index in [0.29, 0.717) is 30.8 Å². The standard InChI is InChI=1S/C14H18N2O2/c17-13-3-1-2-10-11(13)5-6-12(10)16-9-4-7-14(18)15-8-9/h1-3,9,12,16-17H,4-8H2,(H,15,18). The summed E-state index contributed by atoms with van der Waals surface area (Å²) in [6.45, 7) is 0.712. The third kappa shape index (κ3) is 2.08. The van der Waals surface area contributed by atoms with Crippen LogP contribution in [0.4, 0.5) is 0 Å². The fourth-order valence-corrected chi connectivity index (χ4v) is 2.97. The first kappa shape index (κ1) is 11.5. The van der Waals surface area contributed by atoms with Crippen LogP contribution in [-0.2, 0) is 11.2 Å². The predicted octanol–water partition coefficient (Wildman–Crippen LogP) is 1.25. The number of hydrogen-bond donors (Lipinski definition) is 3. The first-order valence-corrected chi connectivity index (χ1v) is 6.57. The van der Waals surface area contributed by atoms with Crippen LogP contribution >= 0.6 is 0 Å². The molecule has 18 heavy (non-hydrogen) atoms. The van der Waals surface area contributed by atoms with Crippen LogP contribution in [0.2, 0.25) is 0 Å². The first-order chi connectivity index (χ1) is 8.74. The highest BCUT2D eigenvalue weighted by molar-refractivity contribution is 5.76. The van der Waals surface area contributed by atoms with Crippen molar-refractivity contribution in [1.29, 1.82) is 0 Å². The third-order valence-electron chi connectivity index (χ3n) is 3.95. The lowest BCUT2D eigenvalue weighted by atomic mass is 10.0. The van der Waals surface area contributed by atoms with E-state index in [1.165, 1.54) is 5.56 Å². The summed E-state index contributed by atoms with van der Waals surface area (Å²) in [7, 11) is 0. The van der Waals surface area contributed by atoms with Gasteiger partial charge in [-0.3, -0.25) is 4.79 Å². The van der Waals surface area contributed by atoms with Crippen molar-refractivity contribution in [3.8, 4) is 5.75 Å². The Morgan fingerprint density at radius 2 is 2.17 bits per heavy atom. The van der Waals surface area contributed by atoms with Gasteiger partial charge >= 0.3 is 0 Å². The minimum Gasteiger partial charge on any atom is -0.508 e. The van der Waals surface area contributed by atoms with E-state index in [1.807, 2.05) is 6.07 Å². The van der Waals surface area contributed by atoms with E-state index in [1.54, 1.807) is 6.07 Å². The number of rotatable bonds is 2. The summed E-state index contributed by atoms with van der Waals surface area (Å²) in [6, 6.07) is 6.40. The first-order valence-electron chi connectivity index (χ1n) is 6.57. The molecule has 1 fully saturated rings. The van der Waals surface area contributed by atoms with Gasteiger partial charge in [0.2, 0.25) is 5.91 Å². The van der Waals surface area contributed by atoms with Crippen molar-refractivity contribution in [2.75, 3.05) is 6.54 Å². The largest absolute Gasteiger partial charge is 0.508 e. The summed E-state index contributed by atoms with van der Waals surface area (Å²) in [5.74, 6) is 0.561. The van der Waals surface area contributed by atoms with Crippen LogP contribution < -0.4 is 10.6 Å². The SMILES string of the molecule is O=C1CCC(NC2CCc3c(O)cccc32)CN1. The molecule has 4 nitrogen and oxygen atoms in total. The molecule has 0 aromatic heterocycles. The smallest absolute Gasteiger partial charge is 0.220 e. The van der Waals surface area contributed by atoms with Crippen LogP contribution in [0.15, 0.2) is 18.2 Å². The zero-order valence-electron chi connectivity index (χ0n) is 10.3. The summed E-state index contributed by atoms with van der Waals surface area (Å²) < 4.78 is 0. The summed E-state index contributed by atoms with van der Waals surface area (Å²) in [6.07, 6.45) is 3.46. The molecule has 2 aliphatic rings. The summed E-state index contributed by atoms with van der Waals surface area (Å²) in [4.78, 5) is 11.1. The van der Waals surface area contributed by atoms with Gasteiger partial charge in [0.1, 0.15) is 5.75 Å². The van der Waals surface area contributed by atoms with Crippen molar-refractivity contribution >= 4 is 5.91 Å². The normalized spacial score (nSPS) is 26.8. The molecule has 2 atom stereocenters. The number of amides is 1. The third-order valence-corrected chi connectivity index (χ3v) is 3.95. The van der Waals surface area contributed by atoms with Gasteiger partial charge in [0.25, 0.3) is 0 Å². The Morgan fingerprint density at radius 1 is 1.28 bits per heavy atom. The Morgan fingerprint density at radius 3 is 2.94 bits per heavy atom. The van der Waals surface area contributed by atoms with Gasteiger partial charge in [0, 0.05) is 25.0 Å². The van der Waals surface area contributed by atoms with Crippen LogP contribution in [0.25, 0.3) is 0 Å². The van der Waals surface area contributed by atoms with Crippen LogP contribution in [0.1, 0.15) is 36.4 Å². The number of phenols is 1. The number of carbonyl (C=O) groups excluding carboxylic acids is 1. The molecule has 1 saturated heterocycles. The molecule has 1 amide bonds. The zero-order valence-corrected chi connectivity index (χ0v) is 10.3. The number of aromatic hydroxyl groups is 1. The summed E-state index contributed by atoms with van der Waals surface area (Å²) in [5.41, 5.74) is 2.29. The van der Waals surface area contributed by atoms with Crippen LogP contribution in [0.5, 0.6) is 5.75 Å². The lowest BCUT2D eigenvalue weighted by Crippen LogP contribution is -2.46. The van der Waals surface area contributed by atoms with Gasteiger partial charge in [-0.2, -0.15) is 0 Å². The van der Waals surface area contributed by atoms with Crippen molar-refractivity contribution in [2.45, 2.75) is 37.8 Å². The van der Waals surface area contributed by atoms with Gasteiger partial charge in [-0.1, -0.05) is 12.1 Å². The lowest BCUT2D eigenvalue weighted by Gasteiger charge is -2.27. The molecule has 3 rings (SSSR count). The number of phenolic OH excluding ortho intramolecular Hbond substituents is 1. The van der Waals surface area contributed by atoms with Crippen molar-refractivity contribution in [3.63, 3.8) is 0 Å². The Hall–Kier alpha value is -1.55. The van der Waals surface area contributed by atoms with E-state index in [0.717, 1.165) is 24.8 Å². The Kier molecular flexibility index (Phi) is 2.96. The minimum atomic E-state index is 0.150. The van der Waals surface area contributed by atoms with E-state index < -0.39 is 0 Å². The number of nitrogens with one attached hydrogen (secondary N) is 2. The maximum absolute atomic E-state index is 11.1. The zero-order chi connectivity index (χ0) is 12.5. The molecule has 1 heterocycles. The van der Waals surface area contributed by atoms with E-state index in [2.05, 4.69) is 16.7 Å². The molecule has 1 aromatic rings. The maximum atomic E-state index is 11.1. The molecule has 96 valence electrons. The monoisotopic (exact) mass is 246 g/mol. The topological polar surface area (TPSA) is 61.4 Å². The van der Waals surface area contributed by atoms with E-state index in [-0.39, 0.29) is 5.91 Å². The lowest BCUT2D eigenvalue weighted by molar-refractivity contribution is -0.122. The van der Waals surface area contributed by atoms with Crippen molar-refractivity contribution in [1.82, 2.24) is 10.6 Å². The molecule has 1 aromatic carbocycles. The second kappa shape index (κ2) is 4.61. The Bertz CT molecular complexity index is 463. The van der Waals surface area contributed by atoms with Gasteiger partial charge in [-0.25, -0.2) is 0 Å². The number of carbonyl (C=O) groups is 1. The van der Waals surface area contributed by atoms with E-state index in [9.17, 15) is 9.90 Å². The van der Waals surface area contributed by atoms with Gasteiger partial charge in [-0.05, 0) is 36.5 Å². The quantitative estimate of drug-likeness (QED) is 0.736. The van der Waals surface area contributed by atoms with Crippen molar-refractivity contribution < 1.29 is 9.90 Å². The van der Waals surface area contributed by atoms with Gasteiger partial charge in [0.05, 0.1) is 0 Å². The average Bonchev–Trinajstić information content (AvgIpc) is 2.77. The fraction of sp³-hybridized carbons (Fsp3) is 0.500. The second-order valence-corrected chi connectivity index (χ2v) is 5.14. The van der Waals surface area contributed by atoms with Crippen molar-refractivity contribution in [2.24, 2.45) is 0 Å². The number of hydrogen-bond acceptors (Lipinski definition) is 3. The second-order valence-electron chi connectivity index (χ2n) is 5.14. The van der Waals surface area contributed by atoms with Crippen LogP contribution in [-0.4, -0.2) is 23.6 Å². The molecular formula is C14H18N2O2. The number of benzene rings is 1. The minimum absolute atomic E-state index is 0.150. The molecule has 4 heteroatoms. The van der Waals surface area contributed by atoms with Crippen molar-refractivity contribution in [3.05, 3.63) is 29.3 Å². The van der Waals surface area contributed by atoms with Gasteiger partial charge in [-0.15, -0.1) is 0 Å². The highest BCUT2D eigenvalue weighted by Gasteiger charge is 2.27. The van der Waals surface area contributed by atoms with Crippen LogP contribution in [0.3, 0.4) is 0 Å². The number of piperidine rings is 1. The molecule has 0 spiro atoms. The maximum Gasteiger partial charge on any atom is 0.220 e. The Balaban J connectivity index is 1.69. The molecule has 0 bridgehead atoms. The molecular weight excluding hydrogens is 228 g/mol. The molecule has 0 saturated carbocycles. The molecule has 1 aliphatic carbocycles. The predicted molar refractivity (Wildman–Crippen MR) is 68.3 cm³/mol. The van der Waals surface area contributed by atoms with E-state index in [4.69, 9.17) is 0 Å². The number of fused-ring (bicyclic) bond motifs is 1. The highest BCUT2D eigenvalue weighted by atomic mass is 16.3. The summed E-state index contributed by atoms with van der Waals surface area (Å²) in [5, 5.41) is 16.3. The molecule has 1 aliphatic heterocycles. The van der Waals surface area contributed by atoms with Crippen LogP contribution in [0, 0.1) is 0 Å². The summed E-state index contributed by atoms with van der Waals surface area (Å²) >= 11 is 0. The van der Waals surface area contributed by atoms with Gasteiger partial charge < -0.3 is 15.7 Å². The average molecular weight is 246 g/mol.